The van der Waals surface area contributed by atoms with E-state index in [2.05, 4.69) is 34.7 Å². The highest BCUT2D eigenvalue weighted by atomic mass is 16.5. The molecular weight excluding hydrogens is 342 g/mol. The van der Waals surface area contributed by atoms with Crippen molar-refractivity contribution >= 4 is 11.6 Å². The van der Waals surface area contributed by atoms with Crippen LogP contribution in [-0.2, 0) is 4.79 Å². The minimum atomic E-state index is -0.650. The smallest absolute Gasteiger partial charge is 0.265 e. The lowest BCUT2D eigenvalue weighted by molar-refractivity contribution is -0.122. The molecule has 0 bridgehead atoms. The Morgan fingerprint density at radius 3 is 2.63 bits per heavy atom. The van der Waals surface area contributed by atoms with E-state index >= 15 is 0 Å². The SMILES string of the molecule is CC[C@H](C)c1ccc(NC(=O)[C@H](C)Oc2cccc(-n3cnnn3)c2)cc1. The summed E-state index contributed by atoms with van der Waals surface area (Å²) >= 11 is 0. The maximum absolute atomic E-state index is 12.4. The molecule has 27 heavy (non-hydrogen) atoms. The first-order chi connectivity index (χ1) is 13.1. The largest absolute Gasteiger partial charge is 0.481 e. The van der Waals surface area contributed by atoms with Gasteiger partial charge in [-0.25, -0.2) is 4.68 Å². The summed E-state index contributed by atoms with van der Waals surface area (Å²) in [5.41, 5.74) is 2.77. The third-order valence-electron chi connectivity index (χ3n) is 4.47. The van der Waals surface area contributed by atoms with Crippen LogP contribution in [0.5, 0.6) is 5.75 Å². The van der Waals surface area contributed by atoms with Crippen LogP contribution in [0.4, 0.5) is 5.69 Å². The molecule has 140 valence electrons. The summed E-state index contributed by atoms with van der Waals surface area (Å²) in [6.07, 6.45) is 1.93. The molecule has 0 aliphatic carbocycles. The van der Waals surface area contributed by atoms with E-state index in [0.29, 0.717) is 11.7 Å². The third-order valence-corrected chi connectivity index (χ3v) is 4.47. The average Bonchev–Trinajstić information content (AvgIpc) is 3.23. The van der Waals surface area contributed by atoms with Gasteiger partial charge < -0.3 is 10.1 Å². The maximum Gasteiger partial charge on any atom is 0.265 e. The molecule has 2 atom stereocenters. The van der Waals surface area contributed by atoms with Gasteiger partial charge in [-0.1, -0.05) is 32.0 Å². The maximum atomic E-state index is 12.4. The van der Waals surface area contributed by atoms with Crippen LogP contribution in [0.15, 0.2) is 54.9 Å². The predicted molar refractivity (Wildman–Crippen MR) is 103 cm³/mol. The van der Waals surface area contributed by atoms with Crippen molar-refractivity contribution in [3.8, 4) is 11.4 Å². The Balaban J connectivity index is 1.62. The lowest BCUT2D eigenvalue weighted by atomic mass is 9.99. The fourth-order valence-electron chi connectivity index (χ4n) is 2.61. The molecule has 0 aliphatic heterocycles. The van der Waals surface area contributed by atoms with E-state index in [0.717, 1.165) is 17.8 Å². The summed E-state index contributed by atoms with van der Waals surface area (Å²) in [6.45, 7) is 6.06. The Morgan fingerprint density at radius 2 is 1.96 bits per heavy atom. The minimum Gasteiger partial charge on any atom is -0.481 e. The van der Waals surface area contributed by atoms with Crippen LogP contribution in [0, 0.1) is 0 Å². The van der Waals surface area contributed by atoms with Gasteiger partial charge in [-0.15, -0.1) is 5.10 Å². The van der Waals surface area contributed by atoms with Crippen molar-refractivity contribution in [3.05, 3.63) is 60.4 Å². The number of anilines is 1. The zero-order chi connectivity index (χ0) is 19.2. The van der Waals surface area contributed by atoms with Crippen molar-refractivity contribution in [2.75, 3.05) is 5.32 Å². The summed E-state index contributed by atoms with van der Waals surface area (Å²) in [5.74, 6) is 0.862. The van der Waals surface area contributed by atoms with Crippen molar-refractivity contribution in [1.82, 2.24) is 20.2 Å². The Kier molecular flexibility index (Phi) is 5.80. The van der Waals surface area contributed by atoms with Gasteiger partial charge in [-0.2, -0.15) is 0 Å². The fourth-order valence-corrected chi connectivity index (χ4v) is 2.61. The summed E-state index contributed by atoms with van der Waals surface area (Å²) < 4.78 is 7.30. The molecular formula is C20H23N5O2. The zero-order valence-electron chi connectivity index (χ0n) is 15.7. The number of carbonyl (C=O) groups excluding carboxylic acids is 1. The first kappa shape index (κ1) is 18.6. The molecule has 0 aliphatic rings. The normalized spacial score (nSPS) is 13.0. The van der Waals surface area contributed by atoms with Crippen molar-refractivity contribution in [2.45, 2.75) is 39.2 Å². The number of hydrogen-bond donors (Lipinski definition) is 1. The summed E-state index contributed by atoms with van der Waals surface area (Å²) in [6, 6.07) is 15.2. The number of benzene rings is 2. The Morgan fingerprint density at radius 1 is 1.19 bits per heavy atom. The van der Waals surface area contributed by atoms with Gasteiger partial charge in [-0.05, 0) is 59.5 Å². The highest BCUT2D eigenvalue weighted by Crippen LogP contribution is 2.21. The van der Waals surface area contributed by atoms with Gasteiger partial charge in [0, 0.05) is 11.8 Å². The standard InChI is InChI=1S/C20H23N5O2/c1-4-14(2)16-8-10-17(11-9-16)22-20(26)15(3)27-19-7-5-6-18(12-19)25-13-21-23-24-25/h5-15H,4H2,1-3H3,(H,22,26)/t14-,15-/m0/s1. The molecule has 0 fully saturated rings. The molecule has 1 aromatic heterocycles. The van der Waals surface area contributed by atoms with Crippen molar-refractivity contribution < 1.29 is 9.53 Å². The predicted octanol–water partition coefficient (Wildman–Crippen LogP) is 3.58. The Hall–Kier alpha value is -3.22. The molecule has 0 spiro atoms. The van der Waals surface area contributed by atoms with Crippen LogP contribution in [-0.4, -0.2) is 32.2 Å². The van der Waals surface area contributed by atoms with Gasteiger partial charge in [0.25, 0.3) is 5.91 Å². The van der Waals surface area contributed by atoms with E-state index in [1.807, 2.05) is 36.4 Å². The van der Waals surface area contributed by atoms with Gasteiger partial charge in [-0.3, -0.25) is 4.79 Å². The summed E-state index contributed by atoms with van der Waals surface area (Å²) in [4.78, 5) is 12.4. The number of aromatic nitrogens is 4. The molecule has 2 aromatic carbocycles. The second kappa shape index (κ2) is 8.44. The van der Waals surface area contributed by atoms with Crippen LogP contribution in [0.25, 0.3) is 5.69 Å². The molecule has 0 saturated heterocycles. The number of nitrogens with zero attached hydrogens (tertiary/aromatic N) is 4. The van der Waals surface area contributed by atoms with Crippen molar-refractivity contribution in [3.63, 3.8) is 0 Å². The van der Waals surface area contributed by atoms with Gasteiger partial charge >= 0.3 is 0 Å². The van der Waals surface area contributed by atoms with Crippen LogP contribution >= 0.6 is 0 Å². The van der Waals surface area contributed by atoms with Crippen LogP contribution < -0.4 is 10.1 Å². The second-order valence-electron chi connectivity index (χ2n) is 6.43. The highest BCUT2D eigenvalue weighted by molar-refractivity contribution is 5.94. The lowest BCUT2D eigenvalue weighted by Crippen LogP contribution is -2.30. The Labute approximate surface area is 158 Å². The lowest BCUT2D eigenvalue weighted by Gasteiger charge is -2.16. The molecule has 1 heterocycles. The average molecular weight is 365 g/mol. The van der Waals surface area contributed by atoms with E-state index in [-0.39, 0.29) is 5.91 Å². The van der Waals surface area contributed by atoms with E-state index in [1.54, 1.807) is 19.1 Å². The zero-order valence-corrected chi connectivity index (χ0v) is 15.7. The fraction of sp³-hybridized carbons (Fsp3) is 0.300. The van der Waals surface area contributed by atoms with Gasteiger partial charge in [0.2, 0.25) is 0 Å². The monoisotopic (exact) mass is 365 g/mol. The van der Waals surface area contributed by atoms with Gasteiger partial charge in [0.1, 0.15) is 12.1 Å². The number of nitrogens with one attached hydrogen (secondary N) is 1. The number of carbonyl (C=O) groups is 1. The second-order valence-corrected chi connectivity index (χ2v) is 6.43. The summed E-state index contributed by atoms with van der Waals surface area (Å²) in [7, 11) is 0. The highest BCUT2D eigenvalue weighted by Gasteiger charge is 2.15. The first-order valence-electron chi connectivity index (χ1n) is 8.97. The van der Waals surface area contributed by atoms with E-state index in [1.165, 1.54) is 16.6 Å². The summed E-state index contributed by atoms with van der Waals surface area (Å²) in [5, 5.41) is 14.0. The number of ether oxygens (including phenoxy) is 1. The molecule has 0 radical (unpaired) electrons. The number of hydrogen-bond acceptors (Lipinski definition) is 5. The number of amides is 1. The molecule has 1 N–H and O–H groups in total. The Bertz CT molecular complexity index is 878. The molecule has 3 rings (SSSR count). The van der Waals surface area contributed by atoms with E-state index in [9.17, 15) is 4.79 Å². The number of rotatable bonds is 7. The third kappa shape index (κ3) is 4.69. The van der Waals surface area contributed by atoms with E-state index in [4.69, 9.17) is 4.74 Å². The van der Waals surface area contributed by atoms with Crippen molar-refractivity contribution in [1.29, 1.82) is 0 Å². The van der Waals surface area contributed by atoms with Crippen molar-refractivity contribution in [2.24, 2.45) is 0 Å². The molecule has 7 heteroatoms. The first-order valence-corrected chi connectivity index (χ1v) is 8.97. The van der Waals surface area contributed by atoms with Crippen LogP contribution in [0.1, 0.15) is 38.7 Å². The molecule has 3 aromatic rings. The molecule has 7 nitrogen and oxygen atoms in total. The molecule has 1 amide bonds. The van der Waals surface area contributed by atoms with Crippen LogP contribution in [0.3, 0.4) is 0 Å². The number of tetrazole rings is 1. The van der Waals surface area contributed by atoms with Gasteiger partial charge in [0.05, 0.1) is 5.69 Å². The molecule has 0 saturated carbocycles. The van der Waals surface area contributed by atoms with E-state index < -0.39 is 6.10 Å². The quantitative estimate of drug-likeness (QED) is 0.692. The topological polar surface area (TPSA) is 81.9 Å². The van der Waals surface area contributed by atoms with Crippen LogP contribution in [0.2, 0.25) is 0 Å². The minimum absolute atomic E-state index is 0.209. The molecule has 0 unspecified atom stereocenters. The van der Waals surface area contributed by atoms with Gasteiger partial charge in [0.15, 0.2) is 6.10 Å².